The summed E-state index contributed by atoms with van der Waals surface area (Å²) in [6.45, 7) is 6.28. The summed E-state index contributed by atoms with van der Waals surface area (Å²) < 4.78 is 0. The highest BCUT2D eigenvalue weighted by Gasteiger charge is 2.17. The molecule has 2 rings (SSSR count). The zero-order valence-corrected chi connectivity index (χ0v) is 11.4. The monoisotopic (exact) mass is 239 g/mol. The zero-order chi connectivity index (χ0) is 13.2. The first-order valence-electron chi connectivity index (χ1n) is 6.40. The second kappa shape index (κ2) is 4.95. The summed E-state index contributed by atoms with van der Waals surface area (Å²) in [6.07, 6.45) is 0.969. The fraction of sp³-hybridized carbons (Fsp3) is 0.294. The molecule has 0 aliphatic rings. The molecule has 0 radical (unpaired) electrons. The predicted octanol–water partition coefficient (Wildman–Crippen LogP) is 3.78. The predicted molar refractivity (Wildman–Crippen MR) is 77.6 cm³/mol. The van der Waals surface area contributed by atoms with Crippen LogP contribution in [0.2, 0.25) is 0 Å². The lowest BCUT2D eigenvalue weighted by Crippen LogP contribution is -2.29. The Morgan fingerprint density at radius 2 is 1.61 bits per heavy atom. The normalized spacial score (nSPS) is 11.6. The van der Waals surface area contributed by atoms with E-state index in [-0.39, 0.29) is 5.54 Å². The molecule has 0 spiro atoms. The average Bonchev–Trinajstić information content (AvgIpc) is 2.32. The third kappa shape index (κ3) is 2.80. The smallest absolute Gasteiger partial charge is 0.0355 e. The number of benzene rings is 2. The van der Waals surface area contributed by atoms with Gasteiger partial charge in [-0.15, -0.1) is 0 Å². The molecule has 0 fully saturated rings. The van der Waals surface area contributed by atoms with Gasteiger partial charge in [0.05, 0.1) is 0 Å². The van der Waals surface area contributed by atoms with Crippen molar-refractivity contribution in [2.45, 2.75) is 32.7 Å². The third-order valence-corrected chi connectivity index (χ3v) is 3.38. The third-order valence-electron chi connectivity index (χ3n) is 3.38. The molecule has 0 heterocycles. The zero-order valence-electron chi connectivity index (χ0n) is 11.4. The standard InChI is InChI=1S/C17H21N/c1-13-15(12-14-8-5-4-6-9-14)10-7-11-16(13)17(2,3)18/h4-11H,12,18H2,1-3H3. The van der Waals surface area contributed by atoms with Crippen molar-refractivity contribution in [3.05, 3.63) is 70.8 Å². The Morgan fingerprint density at radius 1 is 0.944 bits per heavy atom. The highest BCUT2D eigenvalue weighted by Crippen LogP contribution is 2.25. The van der Waals surface area contributed by atoms with E-state index in [2.05, 4.69) is 69.3 Å². The maximum atomic E-state index is 6.22. The molecule has 94 valence electrons. The van der Waals surface area contributed by atoms with Crippen molar-refractivity contribution in [1.29, 1.82) is 0 Å². The highest BCUT2D eigenvalue weighted by atomic mass is 14.7. The van der Waals surface area contributed by atoms with Gasteiger partial charge in [0.25, 0.3) is 0 Å². The van der Waals surface area contributed by atoms with E-state index in [0.29, 0.717) is 0 Å². The summed E-state index contributed by atoms with van der Waals surface area (Å²) in [4.78, 5) is 0. The molecule has 2 N–H and O–H groups in total. The SMILES string of the molecule is Cc1c(Cc2ccccc2)cccc1C(C)(C)N. The molecule has 2 aromatic rings. The van der Waals surface area contributed by atoms with Gasteiger partial charge in [0.2, 0.25) is 0 Å². The molecular formula is C17H21N. The molecule has 0 unspecified atom stereocenters. The number of nitrogens with two attached hydrogens (primary N) is 1. The van der Waals surface area contributed by atoms with Gasteiger partial charge in [-0.25, -0.2) is 0 Å². The Hall–Kier alpha value is -1.60. The van der Waals surface area contributed by atoms with E-state index in [1.807, 2.05) is 0 Å². The van der Waals surface area contributed by atoms with Crippen LogP contribution in [0.15, 0.2) is 48.5 Å². The quantitative estimate of drug-likeness (QED) is 0.866. The number of rotatable bonds is 3. The van der Waals surface area contributed by atoms with Crippen LogP contribution in [0, 0.1) is 6.92 Å². The van der Waals surface area contributed by atoms with Crippen LogP contribution in [0.25, 0.3) is 0 Å². The maximum Gasteiger partial charge on any atom is 0.0355 e. The summed E-state index contributed by atoms with van der Waals surface area (Å²) in [5, 5.41) is 0. The van der Waals surface area contributed by atoms with Gasteiger partial charge in [-0.05, 0) is 49.4 Å². The Kier molecular flexibility index (Phi) is 3.53. The lowest BCUT2D eigenvalue weighted by molar-refractivity contribution is 0.550. The molecule has 0 aliphatic heterocycles. The van der Waals surface area contributed by atoms with Gasteiger partial charge in [-0.3, -0.25) is 0 Å². The largest absolute Gasteiger partial charge is 0.322 e. The van der Waals surface area contributed by atoms with Crippen molar-refractivity contribution in [1.82, 2.24) is 0 Å². The minimum atomic E-state index is -0.281. The highest BCUT2D eigenvalue weighted by molar-refractivity contribution is 5.40. The van der Waals surface area contributed by atoms with Gasteiger partial charge in [0.1, 0.15) is 0 Å². The Bertz CT molecular complexity index is 521. The second-order valence-electron chi connectivity index (χ2n) is 5.47. The lowest BCUT2D eigenvalue weighted by Gasteiger charge is -2.23. The minimum Gasteiger partial charge on any atom is -0.322 e. The van der Waals surface area contributed by atoms with E-state index >= 15 is 0 Å². The van der Waals surface area contributed by atoms with Gasteiger partial charge >= 0.3 is 0 Å². The molecule has 0 amide bonds. The van der Waals surface area contributed by atoms with E-state index < -0.39 is 0 Å². The summed E-state index contributed by atoms with van der Waals surface area (Å²) in [6, 6.07) is 17.0. The van der Waals surface area contributed by atoms with Gasteiger partial charge in [0, 0.05) is 5.54 Å². The van der Waals surface area contributed by atoms with Crippen LogP contribution in [0.1, 0.15) is 36.1 Å². The van der Waals surface area contributed by atoms with Crippen molar-refractivity contribution in [2.75, 3.05) is 0 Å². The first kappa shape index (κ1) is 12.8. The summed E-state index contributed by atoms with van der Waals surface area (Å²) in [7, 11) is 0. The van der Waals surface area contributed by atoms with Crippen molar-refractivity contribution in [2.24, 2.45) is 5.73 Å². The van der Waals surface area contributed by atoms with Gasteiger partial charge in [-0.1, -0.05) is 48.5 Å². The molecule has 0 bridgehead atoms. The molecule has 0 saturated heterocycles. The molecule has 1 heteroatoms. The molecule has 18 heavy (non-hydrogen) atoms. The van der Waals surface area contributed by atoms with Crippen LogP contribution < -0.4 is 5.73 Å². The lowest BCUT2D eigenvalue weighted by atomic mass is 9.87. The molecule has 0 aliphatic carbocycles. The van der Waals surface area contributed by atoms with Gasteiger partial charge < -0.3 is 5.73 Å². The van der Waals surface area contributed by atoms with Crippen molar-refractivity contribution in [3.63, 3.8) is 0 Å². The van der Waals surface area contributed by atoms with E-state index in [0.717, 1.165) is 6.42 Å². The molecule has 2 aromatic carbocycles. The van der Waals surface area contributed by atoms with Crippen LogP contribution in [0.5, 0.6) is 0 Å². The average molecular weight is 239 g/mol. The van der Waals surface area contributed by atoms with Crippen LogP contribution in [-0.2, 0) is 12.0 Å². The number of hydrogen-bond acceptors (Lipinski definition) is 1. The Morgan fingerprint density at radius 3 is 2.22 bits per heavy atom. The first-order chi connectivity index (χ1) is 8.48. The van der Waals surface area contributed by atoms with Crippen LogP contribution in [0.3, 0.4) is 0 Å². The van der Waals surface area contributed by atoms with E-state index in [9.17, 15) is 0 Å². The van der Waals surface area contributed by atoms with E-state index in [4.69, 9.17) is 5.73 Å². The van der Waals surface area contributed by atoms with Crippen molar-refractivity contribution < 1.29 is 0 Å². The maximum absolute atomic E-state index is 6.22. The summed E-state index contributed by atoms with van der Waals surface area (Å²) in [5.74, 6) is 0. The number of hydrogen-bond donors (Lipinski definition) is 1. The molecule has 1 nitrogen and oxygen atoms in total. The molecule has 0 atom stereocenters. The Balaban J connectivity index is 2.36. The fourth-order valence-corrected chi connectivity index (χ4v) is 2.39. The minimum absolute atomic E-state index is 0.281. The summed E-state index contributed by atoms with van der Waals surface area (Å²) in [5.41, 5.74) is 11.2. The van der Waals surface area contributed by atoms with Gasteiger partial charge in [-0.2, -0.15) is 0 Å². The van der Waals surface area contributed by atoms with E-state index in [1.54, 1.807) is 0 Å². The molecule has 0 saturated carbocycles. The first-order valence-corrected chi connectivity index (χ1v) is 6.40. The van der Waals surface area contributed by atoms with Crippen molar-refractivity contribution in [3.8, 4) is 0 Å². The topological polar surface area (TPSA) is 26.0 Å². The Labute approximate surface area is 110 Å². The van der Waals surface area contributed by atoms with Crippen LogP contribution in [0.4, 0.5) is 0 Å². The second-order valence-corrected chi connectivity index (χ2v) is 5.47. The van der Waals surface area contributed by atoms with Gasteiger partial charge in [0.15, 0.2) is 0 Å². The molecule has 0 aromatic heterocycles. The summed E-state index contributed by atoms with van der Waals surface area (Å²) >= 11 is 0. The van der Waals surface area contributed by atoms with Crippen LogP contribution >= 0.6 is 0 Å². The fourth-order valence-electron chi connectivity index (χ4n) is 2.39. The molecular weight excluding hydrogens is 218 g/mol. The van der Waals surface area contributed by atoms with E-state index in [1.165, 1.54) is 22.3 Å². The van der Waals surface area contributed by atoms with Crippen molar-refractivity contribution >= 4 is 0 Å². The van der Waals surface area contributed by atoms with Crippen LogP contribution in [-0.4, -0.2) is 0 Å².